The van der Waals surface area contributed by atoms with E-state index in [0.717, 1.165) is 6.42 Å². The summed E-state index contributed by atoms with van der Waals surface area (Å²) in [5.41, 5.74) is 2.75. The zero-order chi connectivity index (χ0) is 11.8. The van der Waals surface area contributed by atoms with Crippen LogP contribution in [0.15, 0.2) is 11.3 Å². The average molecular weight is 318 g/mol. The first-order valence-corrected chi connectivity index (χ1v) is 7.25. The summed E-state index contributed by atoms with van der Waals surface area (Å²) in [6.07, 6.45) is 9.99. The topological polar surface area (TPSA) is 31.2 Å². The van der Waals surface area contributed by atoms with Crippen molar-refractivity contribution in [2.45, 2.75) is 58.3 Å². The number of nitrogens with zero attached hydrogens (tertiary/aromatic N) is 1. The molecule has 0 N–H and O–H groups in total. The normalized spacial score (nSPS) is 35.8. The Hall–Kier alpha value is 1.02. The molecule has 3 atom stereocenters. The van der Waals surface area contributed by atoms with Crippen LogP contribution in [0.5, 0.6) is 0 Å². The van der Waals surface area contributed by atoms with Crippen LogP contribution in [0.3, 0.4) is 0 Å². The first-order valence-electron chi connectivity index (χ1n) is 7.25. The van der Waals surface area contributed by atoms with Crippen LogP contribution in [0, 0.1) is 17.8 Å². The Morgan fingerprint density at radius 3 is 2.61 bits per heavy atom. The molecule has 0 spiro atoms. The largest absolute Gasteiger partial charge is 1.00 e. The number of carbonyl (C=O) groups is 1. The fraction of sp³-hybridized carbons (Fsp3) is 0.800. The van der Waals surface area contributed by atoms with Gasteiger partial charge in [-0.1, -0.05) is 31.8 Å². The second-order valence-corrected chi connectivity index (χ2v) is 5.97. The van der Waals surface area contributed by atoms with Gasteiger partial charge in [0, 0.05) is 5.92 Å². The van der Waals surface area contributed by atoms with E-state index in [2.05, 4.69) is 12.2 Å². The van der Waals surface area contributed by atoms with E-state index in [1.807, 2.05) is 0 Å². The average Bonchev–Trinajstić information content (AvgIpc) is 2.48. The summed E-state index contributed by atoms with van der Waals surface area (Å²) >= 11 is 0. The molecule has 0 aromatic rings. The minimum absolute atomic E-state index is 0. The molecule has 1 fully saturated rings. The van der Waals surface area contributed by atoms with Gasteiger partial charge >= 0.3 is 58.2 Å². The molecule has 2 aliphatic carbocycles. The second kappa shape index (κ2) is 6.65. The third-order valence-corrected chi connectivity index (χ3v) is 5.02. The van der Waals surface area contributed by atoms with Crippen LogP contribution in [0.2, 0.25) is 0 Å². The molecule has 0 bridgehead atoms. The Morgan fingerprint density at radius 1 is 1.06 bits per heavy atom. The van der Waals surface area contributed by atoms with Crippen molar-refractivity contribution in [2.24, 2.45) is 17.8 Å². The van der Waals surface area contributed by atoms with Gasteiger partial charge in [0.1, 0.15) is 0 Å². The molecule has 3 unspecified atom stereocenters. The standard InChI is InChI=1S/C15H23NO.Rb/c1-10-11-6-2-3-7-12(11)13-8-4-5-9-14(13)16-15(10)17;/h10-12H,2-9H2,1H3,(H,16,17);/q;+1/p-1. The third-order valence-electron chi connectivity index (χ3n) is 5.02. The summed E-state index contributed by atoms with van der Waals surface area (Å²) in [5, 5.41) is 4.44. The van der Waals surface area contributed by atoms with E-state index in [1.54, 1.807) is 5.57 Å². The summed E-state index contributed by atoms with van der Waals surface area (Å²) in [4.78, 5) is 12.1. The van der Waals surface area contributed by atoms with Gasteiger partial charge in [0.05, 0.1) is 5.91 Å². The first-order chi connectivity index (χ1) is 8.27. The number of allylic oxidation sites excluding steroid dienone is 2. The second-order valence-electron chi connectivity index (χ2n) is 5.97. The van der Waals surface area contributed by atoms with E-state index in [0.29, 0.717) is 11.8 Å². The molecular formula is C15H22NORb. The number of hydrogen-bond acceptors (Lipinski definition) is 1. The Labute approximate surface area is 159 Å². The van der Waals surface area contributed by atoms with E-state index in [-0.39, 0.29) is 70.0 Å². The predicted molar refractivity (Wildman–Crippen MR) is 68.5 cm³/mol. The molecule has 0 aromatic carbocycles. The Kier molecular flexibility index (Phi) is 5.69. The van der Waals surface area contributed by atoms with Gasteiger partial charge in [-0.2, -0.15) is 5.70 Å². The Balaban J connectivity index is 0.00000120. The number of fused-ring (bicyclic) bond motifs is 2. The van der Waals surface area contributed by atoms with Crippen molar-refractivity contribution in [2.75, 3.05) is 0 Å². The van der Waals surface area contributed by atoms with Crippen molar-refractivity contribution < 1.29 is 63.0 Å². The Bertz CT molecular complexity index is 364. The zero-order valence-electron chi connectivity index (χ0n) is 11.7. The molecule has 3 aliphatic rings. The van der Waals surface area contributed by atoms with Gasteiger partial charge in [-0.3, -0.25) is 0 Å². The molecular weight excluding hydrogens is 296 g/mol. The Morgan fingerprint density at radius 2 is 1.78 bits per heavy atom. The van der Waals surface area contributed by atoms with Crippen molar-refractivity contribution in [1.82, 2.24) is 0 Å². The number of amides is 1. The molecule has 0 aromatic heterocycles. The quantitative estimate of drug-likeness (QED) is 0.660. The molecule has 0 saturated heterocycles. The van der Waals surface area contributed by atoms with Crippen LogP contribution in [-0.4, -0.2) is 5.91 Å². The van der Waals surface area contributed by atoms with Gasteiger partial charge in [-0.05, 0) is 43.9 Å². The molecule has 1 aliphatic heterocycles. The van der Waals surface area contributed by atoms with Crippen LogP contribution in [0.4, 0.5) is 0 Å². The SMILES string of the molecule is CC1C(=O)[N-]C2=C(CCCC2)C2CCCCC12.[Rb+]. The maximum Gasteiger partial charge on any atom is 1.00 e. The number of rotatable bonds is 0. The molecule has 1 amide bonds. The first kappa shape index (κ1) is 15.4. The number of carbonyl (C=O) groups excluding carboxylic acids is 1. The van der Waals surface area contributed by atoms with E-state index in [4.69, 9.17) is 0 Å². The summed E-state index contributed by atoms with van der Waals surface area (Å²) in [7, 11) is 0. The van der Waals surface area contributed by atoms with Crippen molar-refractivity contribution in [3.63, 3.8) is 0 Å². The fourth-order valence-corrected chi connectivity index (χ4v) is 4.05. The summed E-state index contributed by atoms with van der Waals surface area (Å²) in [5.74, 6) is 1.59. The zero-order valence-corrected chi connectivity index (χ0v) is 16.7. The summed E-state index contributed by atoms with van der Waals surface area (Å²) in [6.45, 7) is 2.10. The molecule has 3 rings (SSSR count). The summed E-state index contributed by atoms with van der Waals surface area (Å²) < 4.78 is 0. The van der Waals surface area contributed by atoms with Crippen molar-refractivity contribution in [3.8, 4) is 0 Å². The van der Waals surface area contributed by atoms with Gasteiger partial charge in [0.25, 0.3) is 0 Å². The van der Waals surface area contributed by atoms with Gasteiger partial charge in [0.15, 0.2) is 0 Å². The van der Waals surface area contributed by atoms with Gasteiger partial charge in [0.2, 0.25) is 0 Å². The molecule has 1 heterocycles. The van der Waals surface area contributed by atoms with E-state index in [1.165, 1.54) is 50.6 Å². The van der Waals surface area contributed by atoms with Gasteiger partial charge < -0.3 is 10.1 Å². The van der Waals surface area contributed by atoms with Crippen molar-refractivity contribution >= 4 is 5.91 Å². The monoisotopic (exact) mass is 317 g/mol. The minimum atomic E-state index is 0. The molecule has 94 valence electrons. The van der Waals surface area contributed by atoms with E-state index >= 15 is 0 Å². The molecule has 2 nitrogen and oxygen atoms in total. The fourth-order valence-electron chi connectivity index (χ4n) is 4.05. The smallest absolute Gasteiger partial charge is 0.630 e. The van der Waals surface area contributed by atoms with Crippen molar-refractivity contribution in [3.05, 3.63) is 16.6 Å². The molecule has 3 heteroatoms. The maximum absolute atomic E-state index is 12.1. The van der Waals surface area contributed by atoms with Gasteiger partial charge in [-0.15, -0.1) is 0 Å². The van der Waals surface area contributed by atoms with Crippen LogP contribution in [0.25, 0.3) is 5.32 Å². The summed E-state index contributed by atoms with van der Waals surface area (Å²) in [6, 6.07) is 0. The van der Waals surface area contributed by atoms with Crippen LogP contribution in [0.1, 0.15) is 58.3 Å². The molecule has 18 heavy (non-hydrogen) atoms. The van der Waals surface area contributed by atoms with Gasteiger partial charge in [-0.25, -0.2) is 0 Å². The molecule has 0 radical (unpaired) electrons. The van der Waals surface area contributed by atoms with Crippen LogP contribution in [-0.2, 0) is 4.79 Å². The third kappa shape index (κ3) is 2.87. The van der Waals surface area contributed by atoms with E-state index in [9.17, 15) is 4.79 Å². The van der Waals surface area contributed by atoms with Crippen molar-refractivity contribution in [1.29, 1.82) is 0 Å². The number of hydrogen-bond donors (Lipinski definition) is 0. The van der Waals surface area contributed by atoms with Crippen LogP contribution < -0.4 is 58.2 Å². The van der Waals surface area contributed by atoms with Crippen LogP contribution >= 0.6 is 0 Å². The predicted octanol–water partition coefficient (Wildman–Crippen LogP) is 1.17. The minimum Gasteiger partial charge on any atom is -0.630 e. The van der Waals surface area contributed by atoms with E-state index < -0.39 is 0 Å². The maximum atomic E-state index is 12.1. The molecule has 1 saturated carbocycles.